The molecule has 4 nitrogen and oxygen atoms in total. The van der Waals surface area contributed by atoms with Crippen LogP contribution in [0.3, 0.4) is 0 Å². The zero-order valence-electron chi connectivity index (χ0n) is 9.94. The molecule has 2 rings (SSSR count). The molecule has 0 unspecified atom stereocenters. The second-order valence-corrected chi connectivity index (χ2v) is 7.14. The van der Waals surface area contributed by atoms with Crippen LogP contribution in [0.1, 0.15) is 30.1 Å². The number of carbonyl (C=O) groups is 1. The molecule has 96 valence electrons. The fourth-order valence-corrected chi connectivity index (χ4v) is 2.91. The molecule has 0 aliphatic heterocycles. The van der Waals surface area contributed by atoms with Crippen LogP contribution in [0.5, 0.6) is 0 Å². The van der Waals surface area contributed by atoms with Crippen molar-refractivity contribution in [1.29, 1.82) is 0 Å². The summed E-state index contributed by atoms with van der Waals surface area (Å²) in [6, 6.07) is 1.93. The summed E-state index contributed by atoms with van der Waals surface area (Å²) >= 11 is 3.78. The summed E-state index contributed by atoms with van der Waals surface area (Å²) in [5.74, 6) is -0.375. The minimum absolute atomic E-state index is 0.0418. The van der Waals surface area contributed by atoms with E-state index in [-0.39, 0.29) is 5.76 Å². The Bertz CT molecular complexity index is 574. The van der Waals surface area contributed by atoms with Crippen LogP contribution in [0.15, 0.2) is 15.9 Å². The van der Waals surface area contributed by atoms with Gasteiger partial charge in [-0.05, 0) is 41.0 Å². The first-order chi connectivity index (χ1) is 8.47. The monoisotopic (exact) mass is 377 g/mol. The summed E-state index contributed by atoms with van der Waals surface area (Å²) in [4.78, 5) is 15.4. The minimum atomic E-state index is -1.06. The van der Waals surface area contributed by atoms with Crippen molar-refractivity contribution in [2.45, 2.75) is 20.3 Å². The summed E-state index contributed by atoms with van der Waals surface area (Å²) in [6.07, 6.45) is 0.604. The lowest BCUT2D eigenvalue weighted by Crippen LogP contribution is -2.03. The smallest absolute Gasteiger partial charge is 0.373 e. The van der Waals surface area contributed by atoms with Crippen molar-refractivity contribution in [1.82, 2.24) is 4.98 Å². The molecular formula is C12H12INO3S. The Labute approximate surface area is 122 Å². The lowest BCUT2D eigenvalue weighted by atomic mass is 10.1. The Balaban J connectivity index is 2.42. The highest BCUT2D eigenvalue weighted by molar-refractivity contribution is 14.1. The average molecular weight is 377 g/mol. The number of oxazole rings is 1. The Morgan fingerprint density at radius 1 is 1.61 bits per heavy atom. The number of hydrogen-bond acceptors (Lipinski definition) is 4. The van der Waals surface area contributed by atoms with Gasteiger partial charge in [-0.1, -0.05) is 13.8 Å². The van der Waals surface area contributed by atoms with Crippen molar-refractivity contribution in [2.24, 2.45) is 5.92 Å². The van der Waals surface area contributed by atoms with Crippen LogP contribution >= 0.6 is 33.9 Å². The highest BCUT2D eigenvalue weighted by Crippen LogP contribution is 2.28. The number of carboxylic acids is 1. The van der Waals surface area contributed by atoms with Gasteiger partial charge in [0.05, 0.1) is 8.58 Å². The highest BCUT2D eigenvalue weighted by atomic mass is 127. The van der Waals surface area contributed by atoms with Crippen molar-refractivity contribution in [3.8, 4) is 11.5 Å². The summed E-state index contributed by atoms with van der Waals surface area (Å²) in [7, 11) is 0. The van der Waals surface area contributed by atoms with Crippen LogP contribution in [0.2, 0.25) is 0 Å². The van der Waals surface area contributed by atoms with Crippen molar-refractivity contribution in [3.05, 3.63) is 25.8 Å². The number of rotatable bonds is 4. The van der Waals surface area contributed by atoms with E-state index >= 15 is 0 Å². The summed E-state index contributed by atoms with van der Waals surface area (Å²) < 4.78 is 6.48. The summed E-state index contributed by atoms with van der Waals surface area (Å²) in [6.45, 7) is 4.04. The van der Waals surface area contributed by atoms with Gasteiger partial charge in [0.25, 0.3) is 0 Å². The van der Waals surface area contributed by atoms with E-state index in [0.29, 0.717) is 23.9 Å². The molecule has 0 saturated carbocycles. The van der Waals surface area contributed by atoms with E-state index in [2.05, 4.69) is 27.6 Å². The molecule has 0 fully saturated rings. The maximum atomic E-state index is 11.1. The van der Waals surface area contributed by atoms with E-state index in [4.69, 9.17) is 9.52 Å². The third-order valence-corrected chi connectivity index (χ3v) is 4.10. The fraction of sp³-hybridized carbons (Fsp3) is 0.333. The van der Waals surface area contributed by atoms with Crippen LogP contribution in [0.4, 0.5) is 0 Å². The van der Waals surface area contributed by atoms with Gasteiger partial charge in [0.2, 0.25) is 11.7 Å². The second kappa shape index (κ2) is 5.40. The Hall–Kier alpha value is -0.890. The lowest BCUT2D eigenvalue weighted by molar-refractivity contribution is 0.0661. The van der Waals surface area contributed by atoms with Crippen LogP contribution in [-0.2, 0) is 6.42 Å². The quantitative estimate of drug-likeness (QED) is 0.821. The number of halogens is 1. The first-order valence-corrected chi connectivity index (χ1v) is 7.40. The maximum Gasteiger partial charge on any atom is 0.373 e. The molecule has 2 aromatic rings. The van der Waals surface area contributed by atoms with Gasteiger partial charge in [-0.25, -0.2) is 9.78 Å². The summed E-state index contributed by atoms with van der Waals surface area (Å²) in [5.41, 5.74) is 1.36. The van der Waals surface area contributed by atoms with Crippen LogP contribution in [0.25, 0.3) is 11.5 Å². The van der Waals surface area contributed by atoms with E-state index in [1.165, 1.54) is 0 Å². The second-order valence-electron chi connectivity index (χ2n) is 4.34. The van der Waals surface area contributed by atoms with Gasteiger partial charge >= 0.3 is 5.97 Å². The SMILES string of the molecule is CC(C)Cc1nc(-c2csc(I)c2)oc1C(=O)O. The Morgan fingerprint density at radius 2 is 2.33 bits per heavy atom. The zero-order chi connectivity index (χ0) is 13.3. The molecule has 0 aromatic carbocycles. The first kappa shape index (κ1) is 13.5. The fourth-order valence-electron chi connectivity index (χ4n) is 1.59. The Kier molecular flexibility index (Phi) is 4.06. The summed E-state index contributed by atoms with van der Waals surface area (Å²) in [5, 5.41) is 11.0. The van der Waals surface area contributed by atoms with Crippen LogP contribution in [0, 0.1) is 8.80 Å². The number of aromatic nitrogens is 1. The molecule has 2 aromatic heterocycles. The van der Waals surface area contributed by atoms with Gasteiger partial charge in [-0.2, -0.15) is 0 Å². The molecular weight excluding hydrogens is 365 g/mol. The molecule has 0 aliphatic rings. The number of nitrogens with zero attached hydrogens (tertiary/aromatic N) is 1. The molecule has 0 amide bonds. The molecule has 2 heterocycles. The predicted octanol–water partition coefficient (Wildman–Crippen LogP) is 3.90. The number of carboxylic acid groups (broad SMARTS) is 1. The van der Waals surface area contributed by atoms with E-state index in [0.717, 1.165) is 8.45 Å². The molecule has 0 atom stereocenters. The molecule has 0 saturated heterocycles. The molecule has 0 aliphatic carbocycles. The van der Waals surface area contributed by atoms with E-state index in [9.17, 15) is 4.79 Å². The van der Waals surface area contributed by atoms with Gasteiger partial charge in [-0.15, -0.1) is 11.3 Å². The third kappa shape index (κ3) is 2.92. The molecule has 18 heavy (non-hydrogen) atoms. The lowest BCUT2D eigenvalue weighted by Gasteiger charge is -1.99. The predicted molar refractivity (Wildman–Crippen MR) is 78.0 cm³/mol. The van der Waals surface area contributed by atoms with Crippen LogP contribution in [-0.4, -0.2) is 16.1 Å². The number of hydrogen-bond donors (Lipinski definition) is 1. The van der Waals surface area contributed by atoms with Crippen molar-refractivity contribution in [3.63, 3.8) is 0 Å². The average Bonchev–Trinajstić information content (AvgIpc) is 2.83. The minimum Gasteiger partial charge on any atom is -0.475 e. The van der Waals surface area contributed by atoms with Gasteiger partial charge in [0.15, 0.2) is 0 Å². The largest absolute Gasteiger partial charge is 0.475 e. The normalized spacial score (nSPS) is 11.1. The van der Waals surface area contributed by atoms with Crippen molar-refractivity contribution >= 4 is 39.9 Å². The van der Waals surface area contributed by atoms with Gasteiger partial charge < -0.3 is 9.52 Å². The maximum absolute atomic E-state index is 11.1. The van der Waals surface area contributed by atoms with E-state index in [1.807, 2.05) is 25.3 Å². The zero-order valence-corrected chi connectivity index (χ0v) is 12.9. The van der Waals surface area contributed by atoms with Crippen LogP contribution < -0.4 is 0 Å². The molecule has 0 bridgehead atoms. The topological polar surface area (TPSA) is 63.3 Å². The highest BCUT2D eigenvalue weighted by Gasteiger charge is 2.21. The molecule has 0 spiro atoms. The first-order valence-electron chi connectivity index (χ1n) is 5.44. The van der Waals surface area contributed by atoms with E-state index < -0.39 is 5.97 Å². The van der Waals surface area contributed by atoms with Gasteiger partial charge in [0.1, 0.15) is 0 Å². The van der Waals surface area contributed by atoms with Gasteiger partial charge in [-0.3, -0.25) is 0 Å². The molecule has 0 radical (unpaired) electrons. The third-order valence-electron chi connectivity index (χ3n) is 2.31. The standard InChI is InChI=1S/C12H12INO3S/c1-6(2)3-8-10(12(15)16)17-11(14-8)7-4-9(13)18-5-7/h4-6H,3H2,1-2H3,(H,15,16). The number of thiophene rings is 1. The van der Waals surface area contributed by atoms with E-state index in [1.54, 1.807) is 11.3 Å². The van der Waals surface area contributed by atoms with Crippen molar-refractivity contribution in [2.75, 3.05) is 0 Å². The van der Waals surface area contributed by atoms with Gasteiger partial charge in [0, 0.05) is 10.9 Å². The van der Waals surface area contributed by atoms with Crippen molar-refractivity contribution < 1.29 is 14.3 Å². The number of aromatic carboxylic acids is 1. The molecule has 6 heteroatoms. The Morgan fingerprint density at radius 3 is 2.83 bits per heavy atom. The molecule has 1 N–H and O–H groups in total.